The van der Waals surface area contributed by atoms with Crippen molar-refractivity contribution in [1.82, 2.24) is 0 Å². The van der Waals surface area contributed by atoms with Crippen LogP contribution in [0.25, 0.3) is 20.9 Å². The maximum absolute atomic E-state index is 11.4. The number of hydrogen-bond acceptors (Lipinski definition) is 9. The molecule has 0 spiro atoms. The van der Waals surface area contributed by atoms with Crippen LogP contribution in [-0.2, 0) is 29.1 Å². The van der Waals surface area contributed by atoms with Gasteiger partial charge < -0.3 is 30.9 Å². The molecular weight excluding hydrogens is 465 g/mol. The van der Waals surface area contributed by atoms with Gasteiger partial charge in [-0.15, -0.1) is 0 Å². The van der Waals surface area contributed by atoms with E-state index in [4.69, 9.17) is 43.0 Å². The van der Waals surface area contributed by atoms with Crippen molar-refractivity contribution < 1.29 is 87.7 Å². The summed E-state index contributed by atoms with van der Waals surface area (Å²) < 4.78 is 58.7. The Morgan fingerprint density at radius 3 is 1.45 bits per heavy atom. The Bertz CT molecular complexity index is 496. The first-order valence-electron chi connectivity index (χ1n) is 8.62. The molecule has 0 atom stereocenters. The van der Waals surface area contributed by atoms with Gasteiger partial charge in [-0.1, -0.05) is 17.2 Å². The molecule has 0 heterocycles. The van der Waals surface area contributed by atoms with Gasteiger partial charge in [0.2, 0.25) is 0 Å². The average Bonchev–Trinajstić information content (AvgIpc) is 2.65. The normalized spacial score (nSPS) is 9.16. The van der Waals surface area contributed by atoms with Crippen LogP contribution in [0.4, 0.5) is 4.39 Å². The molecule has 13 nitrogen and oxygen atoms in total. The number of ether oxygens (including phenoxy) is 4. The number of hydrogen-bond donors (Lipinski definition) is 0. The van der Waals surface area contributed by atoms with E-state index >= 15 is 0 Å². The standard InChI is InChI=1S/C7H15N3O2.C6H12FN3O2.CH4O3S.CH3.K/c1-2-4-11-6-7-12-5-3-9-10-8;7-1-3-11-5-6-12-4-2-9-10-8;1-5(2,3)4;;/h2-7H2,1H3;1-6H2;1H3,(H,2,3,4);1H3;/q;;;-1;+1/p-1/i;7-1;;;. The molecule has 0 N–H and O–H groups in total. The van der Waals surface area contributed by atoms with E-state index in [0.29, 0.717) is 59.0 Å². The van der Waals surface area contributed by atoms with Gasteiger partial charge in [0.15, 0.2) is 0 Å². The van der Waals surface area contributed by atoms with Crippen LogP contribution < -0.4 is 51.4 Å². The van der Waals surface area contributed by atoms with Gasteiger partial charge in [-0.3, -0.25) is 0 Å². The van der Waals surface area contributed by atoms with Gasteiger partial charge in [-0.2, -0.15) is 0 Å². The zero-order valence-corrected chi connectivity index (χ0v) is 22.8. The van der Waals surface area contributed by atoms with Crippen molar-refractivity contribution in [3.8, 4) is 0 Å². The number of rotatable bonds is 16. The second kappa shape index (κ2) is 37.3. The maximum atomic E-state index is 11.4. The average molecular weight is 499 g/mol. The van der Waals surface area contributed by atoms with Crippen LogP contribution in [0.3, 0.4) is 0 Å². The molecule has 0 aliphatic heterocycles. The summed E-state index contributed by atoms with van der Waals surface area (Å²) >= 11 is 0. The third kappa shape index (κ3) is 72.6. The Kier molecular flexibility index (Phi) is 49.5. The molecule has 0 rings (SSSR count). The molecule has 0 bridgehead atoms. The minimum atomic E-state index is -3.92. The van der Waals surface area contributed by atoms with Crippen molar-refractivity contribution in [2.45, 2.75) is 13.3 Å². The van der Waals surface area contributed by atoms with Crippen molar-refractivity contribution in [1.29, 1.82) is 0 Å². The van der Waals surface area contributed by atoms with Crippen molar-refractivity contribution in [2.24, 2.45) is 10.2 Å². The van der Waals surface area contributed by atoms with Gasteiger partial charge in [0.05, 0.1) is 56.4 Å². The largest absolute Gasteiger partial charge is 1.00 e. The summed E-state index contributed by atoms with van der Waals surface area (Å²) in [5, 5.41) is 6.58. The third-order valence-electron chi connectivity index (χ3n) is 2.11. The van der Waals surface area contributed by atoms with E-state index in [2.05, 4.69) is 27.0 Å². The van der Waals surface area contributed by atoms with Crippen LogP contribution in [0.1, 0.15) is 13.3 Å². The molecule has 0 unspecified atom stereocenters. The van der Waals surface area contributed by atoms with Crippen LogP contribution in [-0.4, -0.2) is 91.8 Å². The molecule has 0 saturated carbocycles. The number of azide groups is 2. The summed E-state index contributed by atoms with van der Waals surface area (Å²) in [6, 6.07) is 0. The minimum absolute atomic E-state index is 0. The Balaban J connectivity index is -0.000000114. The van der Waals surface area contributed by atoms with E-state index in [9.17, 15) is 4.39 Å². The zero-order chi connectivity index (χ0) is 22.6. The molecule has 0 aromatic carbocycles. The van der Waals surface area contributed by atoms with Crippen molar-refractivity contribution in [3.63, 3.8) is 0 Å². The Labute approximate surface area is 226 Å². The summed E-state index contributed by atoms with van der Waals surface area (Å²) in [4.78, 5) is 5.14. The molecule has 0 aliphatic rings. The summed E-state index contributed by atoms with van der Waals surface area (Å²) in [7, 11) is -3.92. The summed E-state index contributed by atoms with van der Waals surface area (Å²) in [5.74, 6) is 0. The molecule has 180 valence electrons. The number of halogens is 1. The quantitative estimate of drug-likeness (QED) is 0.0528. The van der Waals surface area contributed by atoms with Crippen LogP contribution in [0.2, 0.25) is 0 Å². The molecule has 0 aromatic heterocycles. The maximum Gasteiger partial charge on any atom is 1.00 e. The van der Waals surface area contributed by atoms with E-state index < -0.39 is 16.8 Å². The first kappa shape index (κ1) is 41.2. The van der Waals surface area contributed by atoms with Crippen molar-refractivity contribution >= 4 is 10.1 Å². The van der Waals surface area contributed by atoms with E-state index in [-0.39, 0.29) is 65.4 Å². The van der Waals surface area contributed by atoms with Gasteiger partial charge in [0.25, 0.3) is 0 Å². The van der Waals surface area contributed by atoms with E-state index in [1.54, 1.807) is 0 Å². The first-order valence-corrected chi connectivity index (χ1v) is 10.4. The van der Waals surface area contributed by atoms with Crippen LogP contribution in [0.5, 0.6) is 0 Å². The fraction of sp³-hybridized carbons (Fsp3) is 0.933. The molecular formula is C15H33FKN6O7S-. The second-order valence-corrected chi connectivity index (χ2v) is 6.16. The van der Waals surface area contributed by atoms with E-state index in [1.807, 2.05) is 0 Å². The molecule has 0 radical (unpaired) electrons. The number of nitrogens with zero attached hydrogens (tertiary/aromatic N) is 6. The summed E-state index contributed by atoms with van der Waals surface area (Å²) in [6.45, 7) is 6.00. The predicted octanol–water partition coefficient (Wildman–Crippen LogP) is -0.345. The SMILES string of the molecule is CCCOCCOCCN=[N+]=[N-].CS(=O)(=O)[O-].[CH3-].[K+].[N-]=[N+]=NCCOCCOCC[18F]. The fourth-order valence-corrected chi connectivity index (χ4v) is 1.14. The smallest absolute Gasteiger partial charge is 0.748 e. The van der Waals surface area contributed by atoms with Crippen LogP contribution in [0, 0.1) is 7.43 Å². The monoisotopic (exact) mass is 498 g/mol. The summed E-state index contributed by atoms with van der Waals surface area (Å²) in [5.41, 5.74) is 15.8. The van der Waals surface area contributed by atoms with Crippen LogP contribution in [0.15, 0.2) is 10.2 Å². The molecule has 0 saturated heterocycles. The Morgan fingerprint density at radius 2 is 1.16 bits per heavy atom. The Hall–Kier alpha value is -0.0636. The van der Waals surface area contributed by atoms with Crippen molar-refractivity contribution in [2.75, 3.05) is 78.9 Å². The summed E-state index contributed by atoms with van der Waals surface area (Å²) in [6.07, 6.45) is 1.63. The second-order valence-electron chi connectivity index (χ2n) is 4.75. The predicted molar refractivity (Wildman–Crippen MR) is 110 cm³/mol. The van der Waals surface area contributed by atoms with E-state index in [0.717, 1.165) is 13.0 Å². The fourth-order valence-electron chi connectivity index (χ4n) is 1.14. The van der Waals surface area contributed by atoms with Crippen LogP contribution >= 0.6 is 0 Å². The van der Waals surface area contributed by atoms with Gasteiger partial charge in [0, 0.05) is 35.8 Å². The van der Waals surface area contributed by atoms with E-state index in [1.165, 1.54) is 0 Å². The molecule has 0 aliphatic carbocycles. The molecule has 0 aromatic rings. The third-order valence-corrected chi connectivity index (χ3v) is 2.11. The molecule has 16 heteroatoms. The topological polar surface area (TPSA) is 192 Å². The number of alkyl halides is 1. The minimum Gasteiger partial charge on any atom is -0.748 e. The zero-order valence-electron chi connectivity index (χ0n) is 18.8. The molecule has 0 fully saturated rings. The van der Waals surface area contributed by atoms with Gasteiger partial charge >= 0.3 is 51.4 Å². The first-order chi connectivity index (χ1) is 13.8. The van der Waals surface area contributed by atoms with Gasteiger partial charge in [0.1, 0.15) is 6.67 Å². The Morgan fingerprint density at radius 1 is 0.839 bits per heavy atom. The molecule has 0 amide bonds. The van der Waals surface area contributed by atoms with Crippen molar-refractivity contribution in [3.05, 3.63) is 28.3 Å². The van der Waals surface area contributed by atoms with Gasteiger partial charge in [-0.25, -0.2) is 12.8 Å². The molecule has 31 heavy (non-hydrogen) atoms. The van der Waals surface area contributed by atoms with Gasteiger partial charge in [-0.05, 0) is 17.5 Å².